The van der Waals surface area contributed by atoms with E-state index in [4.69, 9.17) is 0 Å². The zero-order valence-corrected chi connectivity index (χ0v) is 12.0. The second kappa shape index (κ2) is 6.38. The Hall–Kier alpha value is -2.70. The Labute approximate surface area is 127 Å². The van der Waals surface area contributed by atoms with Crippen LogP contribution < -0.4 is 10.6 Å². The fraction of sp³-hybridized carbons (Fsp3) is 0.333. The summed E-state index contributed by atoms with van der Waals surface area (Å²) < 4.78 is 1.67. The van der Waals surface area contributed by atoms with Gasteiger partial charge in [-0.2, -0.15) is 5.10 Å². The minimum absolute atomic E-state index is 0.0457. The fourth-order valence-corrected chi connectivity index (χ4v) is 2.46. The highest BCUT2D eigenvalue weighted by Gasteiger charge is 2.20. The minimum Gasteiger partial charge on any atom is -0.356 e. The molecule has 0 bridgehead atoms. The summed E-state index contributed by atoms with van der Waals surface area (Å²) in [6, 6.07) is 5.29. The monoisotopic (exact) mass is 299 g/mol. The molecule has 7 heteroatoms. The van der Waals surface area contributed by atoms with Crippen LogP contribution in [0.3, 0.4) is 0 Å². The molecule has 2 aromatic rings. The second-order valence-corrected chi connectivity index (χ2v) is 5.27. The molecule has 3 heterocycles. The van der Waals surface area contributed by atoms with Crippen LogP contribution in [0, 0.1) is 5.92 Å². The van der Waals surface area contributed by atoms with E-state index in [1.54, 1.807) is 35.4 Å². The van der Waals surface area contributed by atoms with Crippen LogP contribution in [0.15, 0.2) is 36.8 Å². The molecular weight excluding hydrogens is 282 g/mol. The number of carbonyl (C=O) groups is 2. The third-order valence-corrected chi connectivity index (χ3v) is 3.65. The molecule has 1 aliphatic rings. The van der Waals surface area contributed by atoms with Gasteiger partial charge in [0.15, 0.2) is 0 Å². The first-order valence-electron chi connectivity index (χ1n) is 7.23. The Morgan fingerprint density at radius 2 is 2.36 bits per heavy atom. The van der Waals surface area contributed by atoms with Gasteiger partial charge in [0, 0.05) is 38.1 Å². The number of hydrogen-bond donors (Lipinski definition) is 2. The molecule has 2 amide bonds. The lowest BCUT2D eigenvalue weighted by Crippen LogP contribution is -2.39. The summed E-state index contributed by atoms with van der Waals surface area (Å²) in [6.45, 7) is 1.16. The summed E-state index contributed by atoms with van der Waals surface area (Å²) >= 11 is 0. The molecule has 1 atom stereocenters. The van der Waals surface area contributed by atoms with Gasteiger partial charge in [0.05, 0.1) is 5.69 Å². The van der Waals surface area contributed by atoms with Gasteiger partial charge in [-0.15, -0.1) is 0 Å². The molecule has 114 valence electrons. The van der Waals surface area contributed by atoms with Crippen molar-refractivity contribution in [3.63, 3.8) is 0 Å². The summed E-state index contributed by atoms with van der Waals surface area (Å²) in [7, 11) is 0. The van der Waals surface area contributed by atoms with Crippen molar-refractivity contribution in [3.05, 3.63) is 42.5 Å². The van der Waals surface area contributed by atoms with Crippen molar-refractivity contribution in [1.82, 2.24) is 25.4 Å². The second-order valence-electron chi connectivity index (χ2n) is 5.27. The molecule has 7 nitrogen and oxygen atoms in total. The highest BCUT2D eigenvalue weighted by Crippen LogP contribution is 2.12. The number of nitrogens with one attached hydrogen (secondary N) is 2. The van der Waals surface area contributed by atoms with E-state index in [0.717, 1.165) is 12.1 Å². The zero-order valence-electron chi connectivity index (χ0n) is 12.0. The van der Waals surface area contributed by atoms with E-state index < -0.39 is 0 Å². The lowest BCUT2D eigenvalue weighted by molar-refractivity contribution is -0.123. The molecule has 0 aromatic carbocycles. The lowest BCUT2D eigenvalue weighted by Gasteiger charge is -2.22. The van der Waals surface area contributed by atoms with Gasteiger partial charge in [-0.25, -0.2) is 4.68 Å². The molecule has 22 heavy (non-hydrogen) atoms. The van der Waals surface area contributed by atoms with Gasteiger partial charge in [0.1, 0.15) is 5.69 Å². The van der Waals surface area contributed by atoms with Gasteiger partial charge in [-0.1, -0.05) is 0 Å². The maximum atomic E-state index is 12.2. The van der Waals surface area contributed by atoms with Crippen LogP contribution in [-0.4, -0.2) is 39.7 Å². The molecule has 1 unspecified atom stereocenters. The van der Waals surface area contributed by atoms with E-state index in [1.807, 2.05) is 6.07 Å². The van der Waals surface area contributed by atoms with Crippen molar-refractivity contribution in [1.29, 1.82) is 0 Å². The average Bonchev–Trinajstić information content (AvgIpc) is 3.07. The Morgan fingerprint density at radius 1 is 1.45 bits per heavy atom. The first kappa shape index (κ1) is 14.2. The average molecular weight is 299 g/mol. The number of carbonyl (C=O) groups excluding carboxylic acids is 2. The molecule has 2 N–H and O–H groups in total. The zero-order chi connectivity index (χ0) is 15.4. The number of rotatable bonds is 4. The van der Waals surface area contributed by atoms with Crippen LogP contribution in [0.2, 0.25) is 0 Å². The first-order chi connectivity index (χ1) is 10.7. The number of piperidine rings is 1. The number of aromatic nitrogens is 3. The SMILES string of the molecule is O=C1CC(CNC(=O)c2cc(-n3cccn3)ccn2)CCN1. The summed E-state index contributed by atoms with van der Waals surface area (Å²) in [5, 5.41) is 9.76. The normalized spacial score (nSPS) is 17.8. The van der Waals surface area contributed by atoms with Crippen molar-refractivity contribution in [3.8, 4) is 5.69 Å². The fourth-order valence-electron chi connectivity index (χ4n) is 2.46. The summed E-state index contributed by atoms with van der Waals surface area (Å²) in [6.07, 6.45) is 6.40. The van der Waals surface area contributed by atoms with E-state index in [2.05, 4.69) is 20.7 Å². The molecule has 1 saturated heterocycles. The van der Waals surface area contributed by atoms with Crippen molar-refractivity contribution < 1.29 is 9.59 Å². The lowest BCUT2D eigenvalue weighted by atomic mass is 9.97. The highest BCUT2D eigenvalue weighted by molar-refractivity contribution is 5.92. The van der Waals surface area contributed by atoms with E-state index in [-0.39, 0.29) is 17.7 Å². The Bertz CT molecular complexity index is 668. The van der Waals surface area contributed by atoms with Crippen molar-refractivity contribution in [2.24, 2.45) is 5.92 Å². The van der Waals surface area contributed by atoms with Crippen LogP contribution in [0.1, 0.15) is 23.3 Å². The van der Waals surface area contributed by atoms with Gasteiger partial charge in [-0.3, -0.25) is 14.6 Å². The van der Waals surface area contributed by atoms with Crippen LogP contribution in [0.4, 0.5) is 0 Å². The molecule has 1 aliphatic heterocycles. The molecule has 0 radical (unpaired) electrons. The van der Waals surface area contributed by atoms with Crippen molar-refractivity contribution in [2.45, 2.75) is 12.8 Å². The van der Waals surface area contributed by atoms with Crippen LogP contribution in [0.5, 0.6) is 0 Å². The molecule has 0 aliphatic carbocycles. The molecule has 0 spiro atoms. The summed E-state index contributed by atoms with van der Waals surface area (Å²) in [5.74, 6) is -0.00344. The largest absolute Gasteiger partial charge is 0.356 e. The number of hydrogen-bond acceptors (Lipinski definition) is 4. The summed E-state index contributed by atoms with van der Waals surface area (Å²) in [4.78, 5) is 27.6. The summed E-state index contributed by atoms with van der Waals surface area (Å²) in [5.41, 5.74) is 1.12. The number of pyridine rings is 1. The quantitative estimate of drug-likeness (QED) is 0.861. The van der Waals surface area contributed by atoms with Gasteiger partial charge >= 0.3 is 0 Å². The molecular formula is C15H17N5O2. The Morgan fingerprint density at radius 3 is 3.14 bits per heavy atom. The minimum atomic E-state index is -0.236. The Balaban J connectivity index is 1.62. The molecule has 1 fully saturated rings. The van der Waals surface area contributed by atoms with Crippen LogP contribution in [-0.2, 0) is 4.79 Å². The predicted octanol–water partition coefficient (Wildman–Crippen LogP) is 0.523. The molecule has 0 saturated carbocycles. The third-order valence-electron chi connectivity index (χ3n) is 3.65. The molecule has 3 rings (SSSR count). The first-order valence-corrected chi connectivity index (χ1v) is 7.23. The highest BCUT2D eigenvalue weighted by atomic mass is 16.2. The van der Waals surface area contributed by atoms with Gasteiger partial charge < -0.3 is 10.6 Å². The Kier molecular flexibility index (Phi) is 4.13. The van der Waals surface area contributed by atoms with Gasteiger partial charge in [0.25, 0.3) is 5.91 Å². The van der Waals surface area contributed by atoms with E-state index in [1.165, 1.54) is 0 Å². The van der Waals surface area contributed by atoms with E-state index >= 15 is 0 Å². The topological polar surface area (TPSA) is 88.9 Å². The van der Waals surface area contributed by atoms with E-state index in [9.17, 15) is 9.59 Å². The number of amides is 2. The van der Waals surface area contributed by atoms with Crippen LogP contribution >= 0.6 is 0 Å². The third kappa shape index (κ3) is 3.30. The maximum absolute atomic E-state index is 12.2. The maximum Gasteiger partial charge on any atom is 0.269 e. The van der Waals surface area contributed by atoms with Crippen molar-refractivity contribution >= 4 is 11.8 Å². The predicted molar refractivity (Wildman–Crippen MR) is 79.4 cm³/mol. The molecule has 2 aromatic heterocycles. The standard InChI is InChI=1S/C15H17N5O2/c21-14-8-11(2-5-17-14)10-18-15(22)13-9-12(3-6-16-13)20-7-1-4-19-20/h1,3-4,6-7,9,11H,2,5,8,10H2,(H,17,21)(H,18,22). The van der Waals surface area contributed by atoms with Gasteiger partial charge in [0.2, 0.25) is 5.91 Å². The van der Waals surface area contributed by atoms with Gasteiger partial charge in [-0.05, 0) is 30.5 Å². The van der Waals surface area contributed by atoms with Crippen LogP contribution in [0.25, 0.3) is 5.69 Å². The smallest absolute Gasteiger partial charge is 0.269 e. The number of nitrogens with zero attached hydrogens (tertiary/aromatic N) is 3. The van der Waals surface area contributed by atoms with E-state index in [0.29, 0.717) is 25.2 Å². The van der Waals surface area contributed by atoms with Crippen molar-refractivity contribution in [2.75, 3.05) is 13.1 Å².